The smallest absolute Gasteiger partial charge is 0.0623 e. The van der Waals surface area contributed by atoms with Crippen molar-refractivity contribution >= 4 is 7.26 Å². The van der Waals surface area contributed by atoms with Gasteiger partial charge in [-0.1, -0.05) is 19.1 Å². The average Bonchev–Trinajstić information content (AvgIpc) is 1.81. The molecule has 0 aliphatic rings. The molecule has 0 aromatic rings. The summed E-state index contributed by atoms with van der Waals surface area (Å²) in [4.78, 5) is 0. The van der Waals surface area contributed by atoms with Crippen LogP contribution in [0.2, 0.25) is 0 Å². The lowest BCUT2D eigenvalue weighted by atomic mass is 10.2. The molecular weight excluding hydrogens is 139 g/mol. The minimum atomic E-state index is -0.544. The number of allylic oxidation sites excluding steroid dienone is 1. The van der Waals surface area contributed by atoms with E-state index in [1.807, 2.05) is 0 Å². The van der Waals surface area contributed by atoms with E-state index in [0.717, 1.165) is 6.42 Å². The van der Waals surface area contributed by atoms with E-state index in [9.17, 15) is 0 Å². The molecule has 0 unspecified atom stereocenters. The SMILES string of the molecule is C=C(CC)CC[P+](C)(C)C. The Morgan fingerprint density at radius 1 is 1.30 bits per heavy atom. The third-order valence-electron chi connectivity index (χ3n) is 1.64. The molecule has 0 atom stereocenters. The summed E-state index contributed by atoms with van der Waals surface area (Å²) in [6, 6.07) is 0. The molecule has 60 valence electrons. The Morgan fingerprint density at radius 2 is 1.80 bits per heavy atom. The normalized spacial score (nSPS) is 11.6. The molecule has 0 saturated carbocycles. The lowest BCUT2D eigenvalue weighted by Gasteiger charge is -2.11. The highest BCUT2D eigenvalue weighted by Crippen LogP contribution is 2.47. The second-order valence-corrected chi connectivity index (χ2v) is 8.90. The van der Waals surface area contributed by atoms with E-state index in [2.05, 4.69) is 33.5 Å². The summed E-state index contributed by atoms with van der Waals surface area (Å²) in [6.45, 7) is 13.3. The molecule has 0 rings (SSSR count). The second-order valence-electron chi connectivity index (χ2n) is 3.87. The monoisotopic (exact) mass is 159 g/mol. The molecule has 0 saturated heterocycles. The predicted molar refractivity (Wildman–Crippen MR) is 53.6 cm³/mol. The van der Waals surface area contributed by atoms with Crippen LogP contribution < -0.4 is 0 Å². The molecule has 0 aliphatic carbocycles. The summed E-state index contributed by atoms with van der Waals surface area (Å²) in [5.74, 6) is 0. The predicted octanol–water partition coefficient (Wildman–Crippen LogP) is 3.25. The van der Waals surface area contributed by atoms with Gasteiger partial charge in [-0.15, -0.1) is 0 Å². The van der Waals surface area contributed by atoms with Gasteiger partial charge >= 0.3 is 0 Å². The Labute approximate surface area is 66.1 Å². The van der Waals surface area contributed by atoms with Gasteiger partial charge in [0.15, 0.2) is 0 Å². The van der Waals surface area contributed by atoms with Crippen molar-refractivity contribution in [3.63, 3.8) is 0 Å². The molecule has 0 aromatic carbocycles. The summed E-state index contributed by atoms with van der Waals surface area (Å²) in [6.07, 6.45) is 3.77. The summed E-state index contributed by atoms with van der Waals surface area (Å²) < 4.78 is 0. The number of rotatable bonds is 4. The van der Waals surface area contributed by atoms with Gasteiger partial charge in [0.2, 0.25) is 0 Å². The molecule has 0 aromatic heterocycles. The van der Waals surface area contributed by atoms with Crippen molar-refractivity contribution in [3.8, 4) is 0 Å². The second kappa shape index (κ2) is 4.13. The zero-order valence-corrected chi connectivity index (χ0v) is 8.67. The van der Waals surface area contributed by atoms with Crippen LogP contribution in [-0.2, 0) is 0 Å². The van der Waals surface area contributed by atoms with Gasteiger partial charge in [0.05, 0.1) is 6.16 Å². The van der Waals surface area contributed by atoms with Gasteiger partial charge in [0.1, 0.15) is 0 Å². The highest BCUT2D eigenvalue weighted by molar-refractivity contribution is 7.73. The van der Waals surface area contributed by atoms with Crippen molar-refractivity contribution in [1.29, 1.82) is 0 Å². The van der Waals surface area contributed by atoms with Gasteiger partial charge in [0, 0.05) is 33.7 Å². The fourth-order valence-electron chi connectivity index (χ4n) is 0.670. The number of hydrogen-bond donors (Lipinski definition) is 0. The molecule has 0 radical (unpaired) electrons. The van der Waals surface area contributed by atoms with Gasteiger partial charge in [-0.25, -0.2) is 0 Å². The van der Waals surface area contributed by atoms with Crippen LogP contribution in [0.25, 0.3) is 0 Å². The van der Waals surface area contributed by atoms with Gasteiger partial charge in [-0.05, 0) is 6.42 Å². The van der Waals surface area contributed by atoms with Crippen molar-refractivity contribution in [1.82, 2.24) is 0 Å². The zero-order chi connectivity index (χ0) is 8.20. The van der Waals surface area contributed by atoms with Crippen LogP contribution in [-0.4, -0.2) is 26.2 Å². The zero-order valence-electron chi connectivity index (χ0n) is 7.78. The molecule has 0 bridgehead atoms. The minimum Gasteiger partial charge on any atom is -0.0997 e. The maximum absolute atomic E-state index is 3.99. The van der Waals surface area contributed by atoms with E-state index in [1.165, 1.54) is 18.2 Å². The largest absolute Gasteiger partial charge is 0.0997 e. The van der Waals surface area contributed by atoms with E-state index in [4.69, 9.17) is 0 Å². The van der Waals surface area contributed by atoms with E-state index < -0.39 is 7.26 Å². The Morgan fingerprint density at radius 3 is 2.10 bits per heavy atom. The first-order valence-corrected chi connectivity index (χ1v) is 7.24. The number of hydrogen-bond acceptors (Lipinski definition) is 0. The lowest BCUT2D eigenvalue weighted by Crippen LogP contribution is -1.93. The fraction of sp³-hybridized carbons (Fsp3) is 0.778. The molecule has 0 spiro atoms. The van der Waals surface area contributed by atoms with Crippen LogP contribution in [0.3, 0.4) is 0 Å². The quantitative estimate of drug-likeness (QED) is 0.436. The molecule has 0 heterocycles. The summed E-state index contributed by atoms with van der Waals surface area (Å²) >= 11 is 0. The van der Waals surface area contributed by atoms with Crippen LogP contribution in [0.4, 0.5) is 0 Å². The Hall–Kier alpha value is 0.170. The summed E-state index contributed by atoms with van der Waals surface area (Å²) in [5.41, 5.74) is 1.41. The highest BCUT2D eigenvalue weighted by atomic mass is 31.2. The Bertz CT molecular complexity index is 108. The van der Waals surface area contributed by atoms with Crippen LogP contribution in [0, 0.1) is 0 Å². The fourth-order valence-corrected chi connectivity index (χ4v) is 1.66. The lowest BCUT2D eigenvalue weighted by molar-refractivity contribution is 0.988. The van der Waals surface area contributed by atoms with E-state index >= 15 is 0 Å². The highest BCUT2D eigenvalue weighted by Gasteiger charge is 2.15. The van der Waals surface area contributed by atoms with Crippen molar-refractivity contribution in [2.45, 2.75) is 19.8 Å². The van der Waals surface area contributed by atoms with E-state index in [-0.39, 0.29) is 0 Å². The van der Waals surface area contributed by atoms with Crippen LogP contribution in [0.5, 0.6) is 0 Å². The van der Waals surface area contributed by atoms with Crippen LogP contribution in [0.1, 0.15) is 19.8 Å². The first-order valence-electron chi connectivity index (χ1n) is 3.93. The van der Waals surface area contributed by atoms with Gasteiger partial charge in [-0.2, -0.15) is 0 Å². The van der Waals surface area contributed by atoms with E-state index in [0.29, 0.717) is 0 Å². The molecule has 0 nitrogen and oxygen atoms in total. The van der Waals surface area contributed by atoms with Crippen LogP contribution >= 0.6 is 7.26 Å². The Kier molecular flexibility index (Phi) is 4.20. The first-order chi connectivity index (χ1) is 4.45. The first kappa shape index (κ1) is 10.2. The summed E-state index contributed by atoms with van der Waals surface area (Å²) in [7, 11) is -0.544. The average molecular weight is 159 g/mol. The van der Waals surface area contributed by atoms with Gasteiger partial charge in [-0.3, -0.25) is 0 Å². The third-order valence-corrected chi connectivity index (χ3v) is 3.20. The van der Waals surface area contributed by atoms with Crippen LogP contribution in [0.15, 0.2) is 12.2 Å². The van der Waals surface area contributed by atoms with Crippen molar-refractivity contribution in [3.05, 3.63) is 12.2 Å². The van der Waals surface area contributed by atoms with E-state index in [1.54, 1.807) is 0 Å². The molecule has 0 aliphatic heterocycles. The van der Waals surface area contributed by atoms with Gasteiger partial charge < -0.3 is 0 Å². The molecule has 0 N–H and O–H groups in total. The maximum Gasteiger partial charge on any atom is 0.0623 e. The van der Waals surface area contributed by atoms with Crippen molar-refractivity contribution in [2.75, 3.05) is 26.2 Å². The van der Waals surface area contributed by atoms with Gasteiger partial charge in [0.25, 0.3) is 0 Å². The molecule has 10 heavy (non-hydrogen) atoms. The maximum atomic E-state index is 3.99. The third kappa shape index (κ3) is 6.29. The minimum absolute atomic E-state index is 0.544. The Balaban J connectivity index is 3.46. The van der Waals surface area contributed by atoms with Crippen molar-refractivity contribution in [2.24, 2.45) is 0 Å². The standard InChI is InChI=1S/C9H20P/c1-6-9(2)7-8-10(3,4)5/h2,6-8H2,1,3-5H3/q+1. The molecule has 0 fully saturated rings. The summed E-state index contributed by atoms with van der Waals surface area (Å²) in [5, 5.41) is 0. The molecule has 1 heteroatoms. The van der Waals surface area contributed by atoms with Crippen molar-refractivity contribution < 1.29 is 0 Å². The molecule has 0 amide bonds. The molecular formula is C9H20P+. The topological polar surface area (TPSA) is 0 Å².